The van der Waals surface area contributed by atoms with Crippen molar-refractivity contribution in [2.24, 2.45) is 17.2 Å². The van der Waals surface area contributed by atoms with Crippen LogP contribution in [0.5, 0.6) is 0 Å². The SMILES string of the molecule is CC(C)(C)c1ccc2c(c1)C1CC(C(C)(C)C)CCC1(C)N2N. The van der Waals surface area contributed by atoms with Gasteiger partial charge in [-0.2, -0.15) is 0 Å². The first-order chi connectivity index (χ1) is 10.4. The van der Waals surface area contributed by atoms with E-state index in [1.165, 1.54) is 36.1 Å². The van der Waals surface area contributed by atoms with Crippen molar-refractivity contribution in [3.8, 4) is 0 Å². The second kappa shape index (κ2) is 4.99. The molecule has 0 radical (unpaired) electrons. The molecule has 1 saturated carbocycles. The Morgan fingerprint density at radius 2 is 1.78 bits per heavy atom. The predicted octanol–water partition coefficient (Wildman–Crippen LogP) is 5.37. The van der Waals surface area contributed by atoms with Crippen LogP contribution < -0.4 is 10.9 Å². The van der Waals surface area contributed by atoms with Crippen LogP contribution in [0.1, 0.15) is 84.8 Å². The van der Waals surface area contributed by atoms with Crippen LogP contribution in [0.15, 0.2) is 18.2 Å². The topological polar surface area (TPSA) is 29.3 Å². The lowest BCUT2D eigenvalue weighted by atomic mass is 9.62. The maximum absolute atomic E-state index is 6.58. The van der Waals surface area contributed by atoms with Gasteiger partial charge >= 0.3 is 0 Å². The highest BCUT2D eigenvalue weighted by Crippen LogP contribution is 2.57. The second-order valence-corrected chi connectivity index (χ2v) is 10.1. The Kier molecular flexibility index (Phi) is 3.65. The van der Waals surface area contributed by atoms with Gasteiger partial charge in [-0.1, -0.05) is 53.7 Å². The molecule has 0 aromatic heterocycles. The van der Waals surface area contributed by atoms with Crippen molar-refractivity contribution in [2.75, 3.05) is 5.01 Å². The number of hydrogen-bond donors (Lipinski definition) is 1. The number of rotatable bonds is 0. The molecule has 2 heteroatoms. The molecule has 1 heterocycles. The molecular weight excluding hydrogens is 280 g/mol. The van der Waals surface area contributed by atoms with Crippen LogP contribution in [-0.2, 0) is 5.41 Å². The zero-order chi connectivity index (χ0) is 17.2. The van der Waals surface area contributed by atoms with E-state index >= 15 is 0 Å². The Balaban J connectivity index is 2.04. The van der Waals surface area contributed by atoms with Gasteiger partial charge in [0.15, 0.2) is 0 Å². The first-order valence-electron chi connectivity index (χ1n) is 9.14. The Hall–Kier alpha value is -1.02. The summed E-state index contributed by atoms with van der Waals surface area (Å²) < 4.78 is 0. The number of fused-ring (bicyclic) bond motifs is 3. The lowest BCUT2D eigenvalue weighted by Gasteiger charge is -2.47. The molecule has 2 N–H and O–H groups in total. The summed E-state index contributed by atoms with van der Waals surface area (Å²) >= 11 is 0. The van der Waals surface area contributed by atoms with E-state index in [1.807, 2.05) is 0 Å². The molecule has 128 valence electrons. The Labute approximate surface area is 142 Å². The smallest absolute Gasteiger partial charge is 0.0602 e. The lowest BCUT2D eigenvalue weighted by molar-refractivity contribution is 0.123. The van der Waals surface area contributed by atoms with E-state index < -0.39 is 0 Å². The van der Waals surface area contributed by atoms with Crippen LogP contribution in [0.3, 0.4) is 0 Å². The van der Waals surface area contributed by atoms with Crippen molar-refractivity contribution >= 4 is 5.69 Å². The molecule has 2 nitrogen and oxygen atoms in total. The molecule has 1 aromatic carbocycles. The quantitative estimate of drug-likeness (QED) is 0.653. The Morgan fingerprint density at radius 3 is 2.35 bits per heavy atom. The number of nitrogens with two attached hydrogens (primary N) is 1. The summed E-state index contributed by atoms with van der Waals surface area (Å²) in [5.41, 5.74) is 4.81. The fourth-order valence-electron chi connectivity index (χ4n) is 4.63. The highest BCUT2D eigenvalue weighted by Gasteiger charge is 2.51. The van der Waals surface area contributed by atoms with Gasteiger partial charge in [-0.15, -0.1) is 0 Å². The maximum Gasteiger partial charge on any atom is 0.0602 e. The summed E-state index contributed by atoms with van der Waals surface area (Å²) in [6.07, 6.45) is 3.73. The number of benzene rings is 1. The first kappa shape index (κ1) is 16.8. The van der Waals surface area contributed by atoms with Gasteiger partial charge in [0.1, 0.15) is 0 Å². The average molecular weight is 315 g/mol. The number of hydrogen-bond acceptors (Lipinski definition) is 2. The van der Waals surface area contributed by atoms with E-state index in [1.54, 1.807) is 0 Å². The van der Waals surface area contributed by atoms with E-state index in [-0.39, 0.29) is 11.0 Å². The van der Waals surface area contributed by atoms with Crippen molar-refractivity contribution in [2.45, 2.75) is 84.6 Å². The molecule has 0 saturated heterocycles. The van der Waals surface area contributed by atoms with Gasteiger partial charge in [0, 0.05) is 5.92 Å². The first-order valence-corrected chi connectivity index (χ1v) is 9.14. The zero-order valence-electron chi connectivity index (χ0n) is 16.0. The largest absolute Gasteiger partial charge is 0.304 e. The molecule has 1 aliphatic heterocycles. The summed E-state index contributed by atoms with van der Waals surface area (Å²) in [5, 5.41) is 2.08. The number of nitrogens with zero attached hydrogens (tertiary/aromatic N) is 1. The van der Waals surface area contributed by atoms with Crippen LogP contribution in [0.25, 0.3) is 0 Å². The number of anilines is 1. The molecule has 0 spiro atoms. The van der Waals surface area contributed by atoms with Crippen molar-refractivity contribution < 1.29 is 0 Å². The second-order valence-electron chi connectivity index (χ2n) is 10.1. The minimum absolute atomic E-state index is 0.0839. The molecule has 3 unspecified atom stereocenters. The summed E-state index contributed by atoms with van der Waals surface area (Å²) in [4.78, 5) is 0. The molecule has 1 fully saturated rings. The molecule has 3 rings (SSSR count). The Bertz CT molecular complexity index is 605. The molecule has 1 aromatic rings. The fraction of sp³-hybridized carbons (Fsp3) is 0.714. The maximum atomic E-state index is 6.58. The third kappa shape index (κ3) is 2.59. The summed E-state index contributed by atoms with van der Waals surface area (Å²) in [6.45, 7) is 16.4. The standard InChI is InChI=1S/C21H34N2/c1-19(2,3)14-8-9-18-16(12-14)17-13-15(20(4,5)6)10-11-21(17,7)23(18)22/h8-9,12,15,17H,10-11,13,22H2,1-7H3. The minimum atomic E-state index is 0.0839. The monoisotopic (exact) mass is 314 g/mol. The molecule has 3 atom stereocenters. The van der Waals surface area contributed by atoms with Crippen LogP contribution in [0.4, 0.5) is 5.69 Å². The number of hydrazine groups is 1. The normalized spacial score (nSPS) is 31.0. The average Bonchev–Trinajstić information content (AvgIpc) is 2.65. The van der Waals surface area contributed by atoms with Crippen molar-refractivity contribution in [3.63, 3.8) is 0 Å². The molecule has 1 aliphatic carbocycles. The Morgan fingerprint density at radius 1 is 1.13 bits per heavy atom. The predicted molar refractivity (Wildman–Crippen MR) is 99.8 cm³/mol. The van der Waals surface area contributed by atoms with E-state index in [0.717, 1.165) is 5.92 Å². The van der Waals surface area contributed by atoms with Crippen LogP contribution in [0, 0.1) is 11.3 Å². The highest BCUT2D eigenvalue weighted by atomic mass is 15.5. The van der Waals surface area contributed by atoms with Crippen LogP contribution in [0.2, 0.25) is 0 Å². The molecule has 0 amide bonds. The van der Waals surface area contributed by atoms with Crippen molar-refractivity contribution in [1.82, 2.24) is 0 Å². The van der Waals surface area contributed by atoms with Gasteiger partial charge < -0.3 is 5.01 Å². The van der Waals surface area contributed by atoms with Gasteiger partial charge in [0.25, 0.3) is 0 Å². The van der Waals surface area contributed by atoms with E-state index in [9.17, 15) is 0 Å². The van der Waals surface area contributed by atoms with E-state index in [4.69, 9.17) is 5.84 Å². The molecule has 23 heavy (non-hydrogen) atoms. The van der Waals surface area contributed by atoms with Gasteiger partial charge in [0.05, 0.1) is 11.2 Å². The zero-order valence-corrected chi connectivity index (χ0v) is 16.0. The highest BCUT2D eigenvalue weighted by molar-refractivity contribution is 5.64. The van der Waals surface area contributed by atoms with Gasteiger partial charge in [-0.05, 0) is 60.1 Å². The van der Waals surface area contributed by atoms with Gasteiger partial charge in [-0.3, -0.25) is 0 Å². The third-order valence-corrected chi connectivity index (χ3v) is 6.57. The van der Waals surface area contributed by atoms with Crippen LogP contribution in [-0.4, -0.2) is 5.54 Å². The van der Waals surface area contributed by atoms with E-state index in [2.05, 4.69) is 71.7 Å². The van der Waals surface area contributed by atoms with Crippen molar-refractivity contribution in [1.29, 1.82) is 0 Å². The van der Waals surface area contributed by atoms with Gasteiger partial charge in [-0.25, -0.2) is 5.84 Å². The van der Waals surface area contributed by atoms with Crippen LogP contribution >= 0.6 is 0 Å². The fourth-order valence-corrected chi connectivity index (χ4v) is 4.63. The molecule has 2 aliphatic rings. The summed E-state index contributed by atoms with van der Waals surface area (Å²) in [5.74, 6) is 7.92. The van der Waals surface area contributed by atoms with E-state index in [0.29, 0.717) is 11.3 Å². The third-order valence-electron chi connectivity index (χ3n) is 6.57. The summed E-state index contributed by atoms with van der Waals surface area (Å²) in [7, 11) is 0. The molecular formula is C21H34N2. The minimum Gasteiger partial charge on any atom is -0.304 e. The van der Waals surface area contributed by atoms with Crippen molar-refractivity contribution in [3.05, 3.63) is 29.3 Å². The van der Waals surface area contributed by atoms with Gasteiger partial charge in [0.2, 0.25) is 0 Å². The lowest BCUT2D eigenvalue weighted by Crippen LogP contribution is -2.53. The molecule has 0 bridgehead atoms. The summed E-state index contributed by atoms with van der Waals surface area (Å²) in [6, 6.07) is 6.96.